The monoisotopic (exact) mass is 841 g/mol. The first kappa shape index (κ1) is 64.1. The molecule has 1 amide bonds. The third-order valence-corrected chi connectivity index (χ3v) is 10.6. The van der Waals surface area contributed by atoms with E-state index in [1.54, 1.807) is 6.29 Å². The van der Waals surface area contributed by atoms with Gasteiger partial charge < -0.3 is 34.5 Å². The Labute approximate surface area is 399 Å². The fourth-order valence-electron chi connectivity index (χ4n) is 7.12. The second-order valence-electron chi connectivity index (χ2n) is 15.8. The number of rotatable bonds is 42. The van der Waals surface area contributed by atoms with Crippen molar-refractivity contribution in [1.82, 2.24) is 4.90 Å². The molecule has 0 bridgehead atoms. The van der Waals surface area contributed by atoms with Gasteiger partial charge in [-0.25, -0.2) is 0 Å². The maximum absolute atomic E-state index is 13.4. The van der Waals surface area contributed by atoms with Crippen molar-refractivity contribution < 1.29 is 103 Å². The summed E-state index contributed by atoms with van der Waals surface area (Å²) < 4.78 is 11.5. The standard InChI is InChI=1S/C46H84NO8.2Na.H2O/c1-4-7-10-13-16-18-24-29-38-47(39-30-25-19-17-14-11-8-5-2)43(49)34-28-23-20-22-27-33-42(55-46(53)37-36-44(50)51)41(54-45(52)35-31-40-48)32-26-21-15-12-9-6-3;;;/h41-42H,4-39H2,1-3H3,(H,50,51);;;1H2/q-1;2*+1;/p-2. The number of hydrogen-bond donors (Lipinski definition) is 0. The fraction of sp³-hybridized carbons (Fsp3) is 0.891. The quantitative estimate of drug-likeness (QED) is 0.0369. The summed E-state index contributed by atoms with van der Waals surface area (Å²) in [5, 5.41) is 11.0. The molecule has 0 aromatic heterocycles. The van der Waals surface area contributed by atoms with Crippen LogP contribution < -0.4 is 64.2 Å². The summed E-state index contributed by atoms with van der Waals surface area (Å²) in [7, 11) is 0. The van der Waals surface area contributed by atoms with Crippen molar-refractivity contribution in [3.8, 4) is 0 Å². The number of carboxylic acid groups (broad SMARTS) is 1. The van der Waals surface area contributed by atoms with Crippen molar-refractivity contribution in [2.75, 3.05) is 13.1 Å². The molecule has 0 aliphatic heterocycles. The SMILES string of the molecule is CCCCCCCCCCN(CCCCCCCCCC)C(=O)CCCCCCCC(OC(=O)CCC(=O)[O-])C(CCCCCCCC)OC(=O)CC[C-]=O.[Na+].[Na+].[OH-]. The molecule has 0 rings (SSSR count). The average Bonchev–Trinajstić information content (AvgIpc) is 3.17. The van der Waals surface area contributed by atoms with Gasteiger partial charge in [0.1, 0.15) is 12.2 Å². The second kappa shape index (κ2) is 49.2. The normalized spacial score (nSPS) is 11.6. The molecule has 58 heavy (non-hydrogen) atoms. The predicted molar refractivity (Wildman–Crippen MR) is 223 cm³/mol. The maximum atomic E-state index is 13.4. The molecule has 0 heterocycles. The van der Waals surface area contributed by atoms with Crippen LogP contribution in [0, 0.1) is 0 Å². The molecule has 0 aromatic rings. The number of hydrogen-bond acceptors (Lipinski definition) is 9. The number of carbonyl (C=O) groups excluding carboxylic acids is 5. The number of aliphatic carboxylic acids is 1. The van der Waals surface area contributed by atoms with Crippen LogP contribution in [0.4, 0.5) is 0 Å². The van der Waals surface area contributed by atoms with Crippen LogP contribution in [-0.2, 0) is 33.4 Å². The molecule has 2 unspecified atom stereocenters. The van der Waals surface area contributed by atoms with Gasteiger partial charge in [0, 0.05) is 31.9 Å². The van der Waals surface area contributed by atoms with E-state index in [4.69, 9.17) is 9.47 Å². The number of amides is 1. The Balaban J connectivity index is -0.00000486. The molecule has 1 N–H and O–H groups in total. The van der Waals surface area contributed by atoms with Crippen LogP contribution in [0.3, 0.4) is 0 Å². The predicted octanol–water partition coefficient (Wildman–Crippen LogP) is 4.65. The Kier molecular flexibility index (Phi) is 54.4. The van der Waals surface area contributed by atoms with Gasteiger partial charge in [-0.15, -0.1) is 6.42 Å². The van der Waals surface area contributed by atoms with E-state index in [-0.39, 0.29) is 89.8 Å². The molecule has 0 aliphatic carbocycles. The van der Waals surface area contributed by atoms with E-state index in [1.165, 1.54) is 96.3 Å². The van der Waals surface area contributed by atoms with Gasteiger partial charge in [-0.3, -0.25) is 20.7 Å². The van der Waals surface area contributed by atoms with E-state index in [9.17, 15) is 29.1 Å². The van der Waals surface area contributed by atoms with Crippen LogP contribution in [0.25, 0.3) is 0 Å². The van der Waals surface area contributed by atoms with E-state index >= 15 is 0 Å². The average molecular weight is 841 g/mol. The minimum Gasteiger partial charge on any atom is -0.870 e. The fourth-order valence-corrected chi connectivity index (χ4v) is 7.12. The molecule has 10 nitrogen and oxygen atoms in total. The molecule has 0 saturated heterocycles. The molecule has 0 aromatic carbocycles. The Bertz CT molecular complexity index is 936. The number of unbranched alkanes of at least 4 members (excludes halogenated alkanes) is 23. The summed E-state index contributed by atoms with van der Waals surface area (Å²) in [5.74, 6) is -2.22. The zero-order chi connectivity index (χ0) is 40.6. The van der Waals surface area contributed by atoms with Crippen LogP contribution in [-0.4, -0.2) is 65.8 Å². The summed E-state index contributed by atoms with van der Waals surface area (Å²) in [6.07, 6.45) is 31.8. The molecule has 0 radical (unpaired) electrons. The van der Waals surface area contributed by atoms with Gasteiger partial charge in [0.05, 0.1) is 6.42 Å². The van der Waals surface area contributed by atoms with Crippen molar-refractivity contribution in [3.63, 3.8) is 0 Å². The van der Waals surface area contributed by atoms with Gasteiger partial charge in [-0.1, -0.05) is 162 Å². The van der Waals surface area contributed by atoms with E-state index in [0.717, 1.165) is 90.1 Å². The van der Waals surface area contributed by atoms with Crippen molar-refractivity contribution in [2.24, 2.45) is 0 Å². The van der Waals surface area contributed by atoms with E-state index in [2.05, 4.69) is 25.7 Å². The Morgan fingerprint density at radius 2 is 0.828 bits per heavy atom. The van der Waals surface area contributed by atoms with Crippen molar-refractivity contribution in [2.45, 2.75) is 251 Å². The van der Waals surface area contributed by atoms with Crippen molar-refractivity contribution in [1.29, 1.82) is 0 Å². The zero-order valence-corrected chi connectivity index (χ0v) is 42.3. The summed E-state index contributed by atoms with van der Waals surface area (Å²) in [6.45, 7) is 8.39. The van der Waals surface area contributed by atoms with Gasteiger partial charge in [-0.2, -0.15) is 0 Å². The molecule has 2 atom stereocenters. The van der Waals surface area contributed by atoms with Crippen molar-refractivity contribution in [3.05, 3.63) is 0 Å². The molecule has 0 saturated carbocycles. The van der Waals surface area contributed by atoms with Crippen LogP contribution in [0.5, 0.6) is 0 Å². The number of esters is 2. The van der Waals surface area contributed by atoms with Gasteiger partial charge in [0.15, 0.2) is 0 Å². The first-order valence-corrected chi connectivity index (χ1v) is 23.0. The van der Waals surface area contributed by atoms with Gasteiger partial charge in [0.2, 0.25) is 5.91 Å². The van der Waals surface area contributed by atoms with Gasteiger partial charge in [0.25, 0.3) is 0 Å². The third kappa shape index (κ3) is 42.2. The largest absolute Gasteiger partial charge is 1.00 e. The molecule has 0 spiro atoms. The van der Waals surface area contributed by atoms with E-state index in [1.807, 2.05) is 0 Å². The smallest absolute Gasteiger partial charge is 0.870 e. The third-order valence-electron chi connectivity index (χ3n) is 10.6. The van der Waals surface area contributed by atoms with Gasteiger partial charge >= 0.3 is 71.1 Å². The zero-order valence-electron chi connectivity index (χ0n) is 38.3. The Morgan fingerprint density at radius 1 is 0.483 bits per heavy atom. The topological polar surface area (TPSA) is 160 Å². The summed E-state index contributed by atoms with van der Waals surface area (Å²) >= 11 is 0. The van der Waals surface area contributed by atoms with E-state index in [0.29, 0.717) is 19.3 Å². The Hall–Kier alpha value is -0.490. The number of carboxylic acids is 1. The molecular formula is C46H84NNa2O9-. The summed E-state index contributed by atoms with van der Waals surface area (Å²) in [4.78, 5) is 62.4. The van der Waals surface area contributed by atoms with Crippen LogP contribution in [0.15, 0.2) is 0 Å². The molecule has 0 fully saturated rings. The number of ether oxygens (including phenoxy) is 2. The first-order chi connectivity index (χ1) is 26.8. The van der Waals surface area contributed by atoms with Gasteiger partial charge in [-0.05, 0) is 51.4 Å². The second-order valence-corrected chi connectivity index (χ2v) is 15.8. The van der Waals surface area contributed by atoms with Crippen LogP contribution >= 0.6 is 0 Å². The molecule has 330 valence electrons. The summed E-state index contributed by atoms with van der Waals surface area (Å²) in [5.41, 5.74) is 0. The minimum atomic E-state index is -1.32. The van der Waals surface area contributed by atoms with Crippen LogP contribution in [0.1, 0.15) is 239 Å². The maximum Gasteiger partial charge on any atom is 1.00 e. The minimum absolute atomic E-state index is 0. The molecule has 0 aliphatic rings. The first-order valence-electron chi connectivity index (χ1n) is 23.0. The number of carbonyl (C=O) groups is 4. The summed E-state index contributed by atoms with van der Waals surface area (Å²) in [6, 6.07) is 0. The van der Waals surface area contributed by atoms with E-state index < -0.39 is 36.5 Å². The Morgan fingerprint density at radius 3 is 1.21 bits per heavy atom. The molecular weight excluding hydrogens is 756 g/mol. The van der Waals surface area contributed by atoms with Crippen LogP contribution in [0.2, 0.25) is 0 Å². The molecule has 12 heteroatoms. The van der Waals surface area contributed by atoms with Crippen molar-refractivity contribution >= 4 is 30.1 Å². The number of nitrogens with zero attached hydrogens (tertiary/aromatic N) is 1.